The summed E-state index contributed by atoms with van der Waals surface area (Å²) in [6, 6.07) is 0.778. The van der Waals surface area contributed by atoms with E-state index in [2.05, 4.69) is 6.92 Å². The van der Waals surface area contributed by atoms with Crippen molar-refractivity contribution in [2.24, 2.45) is 5.92 Å². The molecule has 100 valence electrons. The third kappa shape index (κ3) is 3.42. The second-order valence-corrected chi connectivity index (χ2v) is 7.77. The molecule has 1 heterocycles. The molecular formula is C12H25N2O2S+. The Morgan fingerprint density at radius 2 is 1.82 bits per heavy atom. The first-order valence-electron chi connectivity index (χ1n) is 6.76. The summed E-state index contributed by atoms with van der Waals surface area (Å²) in [5.41, 5.74) is 0. The molecule has 2 atom stereocenters. The average molecular weight is 261 g/mol. The highest BCUT2D eigenvalue weighted by Crippen LogP contribution is 2.22. The molecule has 2 rings (SSSR count). The van der Waals surface area contributed by atoms with E-state index in [0.29, 0.717) is 13.1 Å². The molecule has 4 nitrogen and oxygen atoms in total. The van der Waals surface area contributed by atoms with Crippen LogP contribution in [0.2, 0.25) is 0 Å². The lowest BCUT2D eigenvalue weighted by atomic mass is 9.86. The largest absolute Gasteiger partial charge is 0.330 e. The first-order valence-corrected chi connectivity index (χ1v) is 8.61. The van der Waals surface area contributed by atoms with Crippen molar-refractivity contribution >= 4 is 10.0 Å². The van der Waals surface area contributed by atoms with Crippen LogP contribution in [0.5, 0.6) is 0 Å². The number of hydrogen-bond donors (Lipinski definition) is 1. The summed E-state index contributed by atoms with van der Waals surface area (Å²) in [6.07, 6.45) is 6.71. The van der Waals surface area contributed by atoms with Gasteiger partial charge in [0, 0.05) is 6.42 Å². The normalized spacial score (nSPS) is 33.8. The van der Waals surface area contributed by atoms with Crippen LogP contribution in [0.4, 0.5) is 0 Å². The van der Waals surface area contributed by atoms with E-state index in [0.717, 1.165) is 25.0 Å². The van der Waals surface area contributed by atoms with Crippen molar-refractivity contribution in [1.82, 2.24) is 4.31 Å². The Labute approximate surface area is 105 Å². The second kappa shape index (κ2) is 5.24. The predicted octanol–water partition coefficient (Wildman–Crippen LogP) is -0.275. The van der Waals surface area contributed by atoms with Crippen LogP contribution in [0.15, 0.2) is 0 Å². The quantitative estimate of drug-likeness (QED) is 0.743. The van der Waals surface area contributed by atoms with Crippen LogP contribution in [-0.2, 0) is 10.0 Å². The standard InChI is InChI=1S/C12H24N2O2S/c1-11-4-3-5-12(10-11)13-6-8-14(9-7-13)17(2,15)16/h11-12H,3-10H2,1-2H3/p+1/t11-,12+/m0/s1. The highest BCUT2D eigenvalue weighted by Gasteiger charge is 2.32. The molecule has 0 radical (unpaired) electrons. The average Bonchev–Trinajstić information content (AvgIpc) is 2.28. The van der Waals surface area contributed by atoms with Crippen molar-refractivity contribution in [3.8, 4) is 0 Å². The fraction of sp³-hybridized carbons (Fsp3) is 1.00. The number of quaternary nitrogens is 1. The third-order valence-corrected chi connectivity index (χ3v) is 5.65. The zero-order chi connectivity index (χ0) is 12.5. The Morgan fingerprint density at radius 1 is 1.18 bits per heavy atom. The van der Waals surface area contributed by atoms with E-state index in [4.69, 9.17) is 0 Å². The summed E-state index contributed by atoms with van der Waals surface area (Å²) in [4.78, 5) is 1.64. The van der Waals surface area contributed by atoms with Crippen LogP contribution in [0, 0.1) is 5.92 Å². The summed E-state index contributed by atoms with van der Waals surface area (Å²) < 4.78 is 24.5. The summed E-state index contributed by atoms with van der Waals surface area (Å²) in [5.74, 6) is 0.856. The molecule has 0 aromatic rings. The second-order valence-electron chi connectivity index (χ2n) is 5.79. The summed E-state index contributed by atoms with van der Waals surface area (Å²) in [6.45, 7) is 5.74. The van der Waals surface area contributed by atoms with E-state index in [1.54, 1.807) is 9.21 Å². The number of sulfonamides is 1. The maximum Gasteiger partial charge on any atom is 0.211 e. The van der Waals surface area contributed by atoms with Gasteiger partial charge in [-0.15, -0.1) is 0 Å². The maximum absolute atomic E-state index is 11.4. The Bertz CT molecular complexity index is 348. The molecule has 0 amide bonds. The minimum Gasteiger partial charge on any atom is -0.330 e. The number of nitrogens with one attached hydrogen (secondary N) is 1. The topological polar surface area (TPSA) is 41.8 Å². The van der Waals surface area contributed by atoms with E-state index >= 15 is 0 Å². The molecule has 5 heteroatoms. The van der Waals surface area contributed by atoms with Gasteiger partial charge in [-0.2, -0.15) is 4.31 Å². The zero-order valence-electron chi connectivity index (χ0n) is 11.0. The molecule has 0 unspecified atom stereocenters. The first-order chi connectivity index (χ1) is 7.97. The lowest BCUT2D eigenvalue weighted by Crippen LogP contribution is -3.18. The minimum atomic E-state index is -2.97. The van der Waals surface area contributed by atoms with Crippen molar-refractivity contribution in [3.05, 3.63) is 0 Å². The van der Waals surface area contributed by atoms with Gasteiger partial charge in [-0.25, -0.2) is 8.42 Å². The van der Waals surface area contributed by atoms with Crippen molar-refractivity contribution in [3.63, 3.8) is 0 Å². The summed E-state index contributed by atoms with van der Waals surface area (Å²) in [7, 11) is -2.97. The van der Waals surface area contributed by atoms with Gasteiger partial charge in [0.25, 0.3) is 0 Å². The van der Waals surface area contributed by atoms with Crippen LogP contribution in [0.25, 0.3) is 0 Å². The third-order valence-electron chi connectivity index (χ3n) is 4.35. The zero-order valence-corrected chi connectivity index (χ0v) is 11.8. The number of piperazine rings is 1. The van der Waals surface area contributed by atoms with Gasteiger partial charge in [0.05, 0.1) is 38.5 Å². The molecule has 1 N–H and O–H groups in total. The van der Waals surface area contributed by atoms with Gasteiger partial charge in [0.15, 0.2) is 0 Å². The van der Waals surface area contributed by atoms with E-state index in [9.17, 15) is 8.42 Å². The van der Waals surface area contributed by atoms with Gasteiger partial charge >= 0.3 is 0 Å². The maximum atomic E-state index is 11.4. The molecule has 2 fully saturated rings. The molecular weight excluding hydrogens is 236 g/mol. The molecule has 0 spiro atoms. The van der Waals surface area contributed by atoms with Gasteiger partial charge in [-0.3, -0.25) is 0 Å². The van der Waals surface area contributed by atoms with Crippen LogP contribution >= 0.6 is 0 Å². The molecule has 2 aliphatic rings. The van der Waals surface area contributed by atoms with E-state index in [1.165, 1.54) is 31.9 Å². The molecule has 0 aromatic heterocycles. The van der Waals surface area contributed by atoms with Crippen molar-refractivity contribution in [2.75, 3.05) is 32.4 Å². The van der Waals surface area contributed by atoms with E-state index < -0.39 is 10.0 Å². The van der Waals surface area contributed by atoms with Crippen LogP contribution in [0.3, 0.4) is 0 Å². The Hall–Kier alpha value is -0.130. The van der Waals surface area contributed by atoms with Crippen molar-refractivity contribution < 1.29 is 13.3 Å². The molecule has 1 saturated heterocycles. The molecule has 1 aliphatic carbocycles. The minimum absolute atomic E-state index is 0.707. The number of hydrogen-bond acceptors (Lipinski definition) is 2. The Morgan fingerprint density at radius 3 is 2.35 bits per heavy atom. The fourth-order valence-electron chi connectivity index (χ4n) is 3.32. The summed E-state index contributed by atoms with van der Waals surface area (Å²) in [5, 5.41) is 0. The van der Waals surface area contributed by atoms with Gasteiger partial charge in [-0.05, 0) is 18.8 Å². The lowest BCUT2D eigenvalue weighted by molar-refractivity contribution is -0.930. The highest BCUT2D eigenvalue weighted by atomic mass is 32.2. The van der Waals surface area contributed by atoms with Gasteiger partial charge < -0.3 is 4.90 Å². The van der Waals surface area contributed by atoms with Crippen LogP contribution < -0.4 is 4.90 Å². The van der Waals surface area contributed by atoms with Crippen LogP contribution in [-0.4, -0.2) is 51.2 Å². The Kier molecular flexibility index (Phi) is 4.10. The van der Waals surface area contributed by atoms with E-state index in [1.807, 2.05) is 0 Å². The number of nitrogens with zero attached hydrogens (tertiary/aromatic N) is 1. The van der Waals surface area contributed by atoms with E-state index in [-0.39, 0.29) is 0 Å². The fourth-order valence-corrected chi connectivity index (χ4v) is 4.16. The van der Waals surface area contributed by atoms with Gasteiger partial charge in [0.1, 0.15) is 0 Å². The first kappa shape index (κ1) is 13.3. The monoisotopic (exact) mass is 261 g/mol. The molecule has 1 aliphatic heterocycles. The SMILES string of the molecule is C[C@H]1CCC[C@@H]([NH+]2CCN(S(C)(=O)=O)CC2)C1. The predicted molar refractivity (Wildman–Crippen MR) is 68.5 cm³/mol. The summed E-state index contributed by atoms with van der Waals surface area (Å²) >= 11 is 0. The molecule has 0 aromatic carbocycles. The van der Waals surface area contributed by atoms with Gasteiger partial charge in [0.2, 0.25) is 10.0 Å². The van der Waals surface area contributed by atoms with Crippen molar-refractivity contribution in [1.29, 1.82) is 0 Å². The number of rotatable bonds is 2. The molecule has 1 saturated carbocycles. The molecule has 0 bridgehead atoms. The smallest absolute Gasteiger partial charge is 0.211 e. The van der Waals surface area contributed by atoms with Crippen LogP contribution in [0.1, 0.15) is 32.6 Å². The van der Waals surface area contributed by atoms with Gasteiger partial charge in [-0.1, -0.05) is 13.3 Å². The Balaban J connectivity index is 1.86. The van der Waals surface area contributed by atoms with Crippen molar-refractivity contribution in [2.45, 2.75) is 38.6 Å². The molecule has 17 heavy (non-hydrogen) atoms. The highest BCUT2D eigenvalue weighted by molar-refractivity contribution is 7.88. The lowest BCUT2D eigenvalue weighted by Gasteiger charge is -2.38.